The van der Waals surface area contributed by atoms with E-state index < -0.39 is 0 Å². The third-order valence-electron chi connectivity index (χ3n) is 3.84. The number of aromatic nitrogens is 1. The van der Waals surface area contributed by atoms with E-state index in [1.54, 1.807) is 13.2 Å². The van der Waals surface area contributed by atoms with Crippen LogP contribution >= 0.6 is 0 Å². The van der Waals surface area contributed by atoms with Gasteiger partial charge in [-0.05, 0) is 43.3 Å². The van der Waals surface area contributed by atoms with Gasteiger partial charge in [0.1, 0.15) is 5.75 Å². The van der Waals surface area contributed by atoms with E-state index in [0.717, 1.165) is 17.0 Å². The van der Waals surface area contributed by atoms with Crippen LogP contribution in [0.1, 0.15) is 22.8 Å². The van der Waals surface area contributed by atoms with E-state index in [1.165, 1.54) is 0 Å². The highest BCUT2D eigenvalue weighted by molar-refractivity contribution is 6.02. The number of methoxy groups -OCH3 is 1. The Bertz CT molecular complexity index is 899. The van der Waals surface area contributed by atoms with E-state index in [0.29, 0.717) is 11.3 Å². The summed E-state index contributed by atoms with van der Waals surface area (Å²) in [6, 6.07) is 18.8. The molecule has 1 aromatic heterocycles. The highest BCUT2D eigenvalue weighted by Gasteiger charge is 2.11. The molecule has 0 aliphatic rings. The summed E-state index contributed by atoms with van der Waals surface area (Å²) in [5.41, 5.74) is 5.58. The maximum Gasteiger partial charge on any atom is 0.273 e. The highest BCUT2D eigenvalue weighted by atomic mass is 16.5. The fourth-order valence-electron chi connectivity index (χ4n) is 2.49. The second kappa shape index (κ2) is 7.49. The SMILES string of the molecule is COc1cccc(/C(C)=N/NC(=O)c2ccccc2-n2cccc2)c1. The first kappa shape index (κ1) is 16.5. The van der Waals surface area contributed by atoms with Gasteiger partial charge in [-0.3, -0.25) is 4.79 Å². The van der Waals surface area contributed by atoms with Crippen molar-refractivity contribution in [3.05, 3.63) is 84.2 Å². The van der Waals surface area contributed by atoms with E-state index in [1.807, 2.05) is 78.5 Å². The average molecular weight is 333 g/mol. The minimum atomic E-state index is -0.258. The van der Waals surface area contributed by atoms with Gasteiger partial charge >= 0.3 is 0 Å². The lowest BCUT2D eigenvalue weighted by atomic mass is 10.1. The zero-order valence-corrected chi connectivity index (χ0v) is 14.1. The summed E-state index contributed by atoms with van der Waals surface area (Å²) in [7, 11) is 1.62. The van der Waals surface area contributed by atoms with Crippen molar-refractivity contribution in [2.45, 2.75) is 6.92 Å². The molecule has 0 saturated carbocycles. The molecule has 0 aliphatic carbocycles. The Labute approximate surface area is 146 Å². The third kappa shape index (κ3) is 3.77. The molecule has 5 nitrogen and oxygen atoms in total. The molecular formula is C20H19N3O2. The molecule has 1 amide bonds. The first-order valence-electron chi connectivity index (χ1n) is 7.90. The van der Waals surface area contributed by atoms with E-state index in [4.69, 9.17) is 4.74 Å². The van der Waals surface area contributed by atoms with Crippen molar-refractivity contribution < 1.29 is 9.53 Å². The Morgan fingerprint density at radius 2 is 1.80 bits per heavy atom. The van der Waals surface area contributed by atoms with E-state index in [-0.39, 0.29) is 5.91 Å². The summed E-state index contributed by atoms with van der Waals surface area (Å²) in [4.78, 5) is 12.6. The van der Waals surface area contributed by atoms with Crippen LogP contribution in [0.15, 0.2) is 78.2 Å². The first-order chi connectivity index (χ1) is 12.2. The van der Waals surface area contributed by atoms with Crippen molar-refractivity contribution in [2.24, 2.45) is 5.10 Å². The van der Waals surface area contributed by atoms with Crippen LogP contribution in [0.3, 0.4) is 0 Å². The van der Waals surface area contributed by atoms with E-state index >= 15 is 0 Å². The van der Waals surface area contributed by atoms with Crippen molar-refractivity contribution in [3.8, 4) is 11.4 Å². The number of hydrazone groups is 1. The smallest absolute Gasteiger partial charge is 0.273 e. The van der Waals surface area contributed by atoms with Gasteiger partial charge in [0.05, 0.1) is 24.1 Å². The van der Waals surface area contributed by atoms with E-state index in [2.05, 4.69) is 10.5 Å². The maximum atomic E-state index is 12.6. The van der Waals surface area contributed by atoms with Crippen molar-refractivity contribution >= 4 is 11.6 Å². The van der Waals surface area contributed by atoms with Gasteiger partial charge in [0.15, 0.2) is 0 Å². The van der Waals surface area contributed by atoms with Crippen LogP contribution in [0.25, 0.3) is 5.69 Å². The Balaban J connectivity index is 1.81. The molecule has 25 heavy (non-hydrogen) atoms. The monoisotopic (exact) mass is 333 g/mol. The largest absolute Gasteiger partial charge is 0.497 e. The number of carbonyl (C=O) groups is 1. The van der Waals surface area contributed by atoms with Gasteiger partial charge < -0.3 is 9.30 Å². The molecule has 0 atom stereocenters. The molecule has 0 spiro atoms. The summed E-state index contributed by atoms with van der Waals surface area (Å²) < 4.78 is 7.11. The second-order valence-corrected chi connectivity index (χ2v) is 5.48. The molecule has 1 N–H and O–H groups in total. The van der Waals surface area contributed by atoms with Crippen LogP contribution in [-0.4, -0.2) is 23.3 Å². The van der Waals surface area contributed by atoms with Crippen LogP contribution in [0.5, 0.6) is 5.75 Å². The molecule has 5 heteroatoms. The summed E-state index contributed by atoms with van der Waals surface area (Å²) in [5, 5.41) is 4.22. The standard InChI is InChI=1S/C20H19N3O2/c1-15(16-8-7-9-17(14-16)25-2)21-22-20(24)18-10-3-4-11-19(18)23-12-5-6-13-23/h3-14H,1-2H3,(H,22,24)/b21-15+. The lowest BCUT2D eigenvalue weighted by Gasteiger charge is -2.10. The van der Waals surface area contributed by atoms with Crippen molar-refractivity contribution in [2.75, 3.05) is 7.11 Å². The molecular weight excluding hydrogens is 314 g/mol. The quantitative estimate of drug-likeness (QED) is 0.572. The fraction of sp³-hybridized carbons (Fsp3) is 0.100. The number of amides is 1. The normalized spacial score (nSPS) is 11.2. The molecule has 0 bridgehead atoms. The van der Waals surface area contributed by atoms with Crippen LogP contribution in [0.4, 0.5) is 0 Å². The number of nitrogens with zero attached hydrogens (tertiary/aromatic N) is 2. The molecule has 0 saturated heterocycles. The molecule has 0 radical (unpaired) electrons. The number of rotatable bonds is 5. The van der Waals surface area contributed by atoms with Crippen molar-refractivity contribution in [1.82, 2.24) is 9.99 Å². The van der Waals surface area contributed by atoms with Gasteiger partial charge in [0, 0.05) is 18.0 Å². The number of ether oxygens (including phenoxy) is 1. The molecule has 2 aromatic carbocycles. The van der Waals surface area contributed by atoms with E-state index in [9.17, 15) is 4.79 Å². The third-order valence-corrected chi connectivity index (χ3v) is 3.84. The molecule has 1 heterocycles. The zero-order valence-electron chi connectivity index (χ0n) is 14.1. The lowest BCUT2D eigenvalue weighted by Crippen LogP contribution is -2.21. The van der Waals surface area contributed by atoms with Gasteiger partial charge in [0.25, 0.3) is 5.91 Å². The molecule has 0 fully saturated rings. The number of para-hydroxylation sites is 1. The van der Waals surface area contributed by atoms with Gasteiger partial charge in [0.2, 0.25) is 0 Å². The maximum absolute atomic E-state index is 12.6. The zero-order chi connectivity index (χ0) is 17.6. The Kier molecular flexibility index (Phi) is 4.95. The minimum Gasteiger partial charge on any atom is -0.497 e. The summed E-state index contributed by atoms with van der Waals surface area (Å²) in [5.74, 6) is 0.489. The van der Waals surface area contributed by atoms with Gasteiger partial charge in [-0.25, -0.2) is 5.43 Å². The molecule has 0 aliphatic heterocycles. The lowest BCUT2D eigenvalue weighted by molar-refractivity contribution is 0.0955. The van der Waals surface area contributed by atoms with Gasteiger partial charge in [-0.15, -0.1) is 0 Å². The molecule has 0 unspecified atom stereocenters. The fourth-order valence-corrected chi connectivity index (χ4v) is 2.49. The molecule has 3 rings (SSSR count). The Morgan fingerprint density at radius 1 is 1.04 bits per heavy atom. The summed E-state index contributed by atoms with van der Waals surface area (Å²) in [6.45, 7) is 1.84. The predicted octanol–water partition coefficient (Wildman–Crippen LogP) is 3.64. The van der Waals surface area contributed by atoms with Crippen LogP contribution < -0.4 is 10.2 Å². The van der Waals surface area contributed by atoms with Gasteiger partial charge in [-0.1, -0.05) is 24.3 Å². The van der Waals surface area contributed by atoms with Gasteiger partial charge in [-0.2, -0.15) is 5.10 Å². The van der Waals surface area contributed by atoms with Crippen molar-refractivity contribution in [3.63, 3.8) is 0 Å². The predicted molar refractivity (Wildman–Crippen MR) is 98.4 cm³/mol. The minimum absolute atomic E-state index is 0.258. The number of benzene rings is 2. The number of carbonyl (C=O) groups excluding carboxylic acids is 1. The first-order valence-corrected chi connectivity index (χ1v) is 7.90. The number of hydrogen-bond acceptors (Lipinski definition) is 3. The second-order valence-electron chi connectivity index (χ2n) is 5.48. The average Bonchev–Trinajstić information content (AvgIpc) is 3.20. The highest BCUT2D eigenvalue weighted by Crippen LogP contribution is 2.15. The summed E-state index contributed by atoms with van der Waals surface area (Å²) in [6.07, 6.45) is 3.80. The van der Waals surface area contributed by atoms with Crippen LogP contribution in [0, 0.1) is 0 Å². The van der Waals surface area contributed by atoms with Crippen LogP contribution in [-0.2, 0) is 0 Å². The number of nitrogens with one attached hydrogen (secondary N) is 1. The summed E-state index contributed by atoms with van der Waals surface area (Å²) >= 11 is 0. The molecule has 126 valence electrons. The molecule has 3 aromatic rings. The Morgan fingerprint density at radius 3 is 2.56 bits per heavy atom. The number of hydrogen-bond donors (Lipinski definition) is 1. The van der Waals surface area contributed by atoms with Crippen molar-refractivity contribution in [1.29, 1.82) is 0 Å². The van der Waals surface area contributed by atoms with Crippen LogP contribution in [0.2, 0.25) is 0 Å². The Hall–Kier alpha value is -3.34. The topological polar surface area (TPSA) is 55.6 Å².